The molecule has 5 heteroatoms. The van der Waals surface area contributed by atoms with E-state index in [2.05, 4.69) is 0 Å². The van der Waals surface area contributed by atoms with Gasteiger partial charge in [-0.25, -0.2) is 0 Å². The molecule has 5 nitrogen and oxygen atoms in total. The van der Waals surface area contributed by atoms with Crippen LogP contribution in [0.2, 0.25) is 0 Å². The predicted octanol–water partition coefficient (Wildman–Crippen LogP) is 0.587. The zero-order valence-electron chi connectivity index (χ0n) is 7.97. The molecule has 80 valence electrons. The predicted molar refractivity (Wildman–Crippen MR) is 46.9 cm³/mol. The Morgan fingerprint density at radius 1 is 1.07 bits per heavy atom. The second kappa shape index (κ2) is 4.41. The van der Waals surface area contributed by atoms with Gasteiger partial charge in [-0.2, -0.15) is 0 Å². The first-order valence-electron chi connectivity index (χ1n) is 4.53. The van der Waals surface area contributed by atoms with Crippen LogP contribution in [0.1, 0.15) is 19.3 Å². The first kappa shape index (κ1) is 11.0. The Labute approximate surface area is 81.7 Å². The van der Waals surface area contributed by atoms with E-state index in [-0.39, 0.29) is 12.5 Å². The fraction of sp³-hybridized carbons (Fsp3) is 0.778. The summed E-state index contributed by atoms with van der Waals surface area (Å²) in [6.45, 7) is 0. The van der Waals surface area contributed by atoms with Crippen molar-refractivity contribution >= 4 is 11.9 Å². The number of hydrogen-bond acceptors (Lipinski definition) is 3. The van der Waals surface area contributed by atoms with Gasteiger partial charge in [0.15, 0.2) is 0 Å². The van der Waals surface area contributed by atoms with E-state index in [0.29, 0.717) is 12.8 Å². The van der Waals surface area contributed by atoms with E-state index >= 15 is 0 Å². The van der Waals surface area contributed by atoms with Crippen molar-refractivity contribution in [1.82, 2.24) is 0 Å². The molecule has 1 saturated carbocycles. The Hall–Kier alpha value is -1.10. The quantitative estimate of drug-likeness (QED) is 0.699. The van der Waals surface area contributed by atoms with Crippen molar-refractivity contribution in [2.24, 2.45) is 11.8 Å². The fourth-order valence-electron chi connectivity index (χ4n) is 1.86. The first-order valence-corrected chi connectivity index (χ1v) is 4.53. The van der Waals surface area contributed by atoms with Crippen molar-refractivity contribution in [3.63, 3.8) is 0 Å². The van der Waals surface area contributed by atoms with E-state index in [0.717, 1.165) is 0 Å². The normalized spacial score (nSPS) is 32.5. The Balaban J connectivity index is 2.66. The lowest BCUT2D eigenvalue weighted by molar-refractivity contribution is -0.151. The van der Waals surface area contributed by atoms with Gasteiger partial charge in [0.2, 0.25) is 0 Å². The van der Waals surface area contributed by atoms with Crippen molar-refractivity contribution in [3.8, 4) is 0 Å². The van der Waals surface area contributed by atoms with Crippen molar-refractivity contribution < 1.29 is 24.5 Å². The monoisotopic (exact) mass is 202 g/mol. The maximum absolute atomic E-state index is 10.7. The van der Waals surface area contributed by atoms with Gasteiger partial charge in [-0.05, 0) is 19.3 Å². The van der Waals surface area contributed by atoms with E-state index in [1.54, 1.807) is 0 Å². The number of carbonyl (C=O) groups is 2. The molecule has 1 aliphatic rings. The van der Waals surface area contributed by atoms with Crippen LogP contribution < -0.4 is 0 Å². The molecular formula is C9H14O5. The van der Waals surface area contributed by atoms with E-state index in [9.17, 15) is 9.59 Å². The smallest absolute Gasteiger partial charge is 0.306 e. The highest BCUT2D eigenvalue weighted by Crippen LogP contribution is 2.31. The molecule has 1 unspecified atom stereocenters. The third-order valence-corrected chi connectivity index (χ3v) is 2.70. The van der Waals surface area contributed by atoms with Gasteiger partial charge >= 0.3 is 11.9 Å². The van der Waals surface area contributed by atoms with Crippen molar-refractivity contribution in [2.45, 2.75) is 25.4 Å². The lowest BCUT2D eigenvalue weighted by Gasteiger charge is -2.29. The summed E-state index contributed by atoms with van der Waals surface area (Å²) >= 11 is 0. The van der Waals surface area contributed by atoms with Crippen LogP contribution >= 0.6 is 0 Å². The summed E-state index contributed by atoms with van der Waals surface area (Å²) < 4.78 is 5.03. The van der Waals surface area contributed by atoms with Crippen LogP contribution in [0.3, 0.4) is 0 Å². The van der Waals surface area contributed by atoms with Gasteiger partial charge in [0.05, 0.1) is 17.9 Å². The van der Waals surface area contributed by atoms with Crippen LogP contribution in [0.25, 0.3) is 0 Å². The standard InChI is InChI=1S/C9H14O5/c1-14-7-3-5(8(10)11)2-6(4-7)9(12)13/h5-7H,2-4H2,1H3,(H,10,11)(H,12,13)/t5-,6+,7?. The SMILES string of the molecule is COC1C[C@@H](C(=O)O)C[C@@H](C(=O)O)C1. The Morgan fingerprint density at radius 2 is 1.50 bits per heavy atom. The maximum atomic E-state index is 10.7. The van der Waals surface area contributed by atoms with E-state index < -0.39 is 23.8 Å². The Kier molecular flexibility index (Phi) is 3.46. The van der Waals surface area contributed by atoms with Crippen LogP contribution in [-0.4, -0.2) is 35.4 Å². The van der Waals surface area contributed by atoms with Crippen LogP contribution in [0.15, 0.2) is 0 Å². The Morgan fingerprint density at radius 3 is 1.79 bits per heavy atom. The van der Waals surface area contributed by atoms with Gasteiger partial charge < -0.3 is 14.9 Å². The van der Waals surface area contributed by atoms with Gasteiger partial charge in [-0.3, -0.25) is 9.59 Å². The lowest BCUT2D eigenvalue weighted by Crippen LogP contribution is -2.35. The number of ether oxygens (including phenoxy) is 1. The second-order valence-corrected chi connectivity index (χ2v) is 3.64. The molecule has 0 bridgehead atoms. The number of aliphatic carboxylic acids is 2. The summed E-state index contributed by atoms with van der Waals surface area (Å²) in [7, 11) is 1.48. The number of hydrogen-bond donors (Lipinski definition) is 2. The molecule has 2 N–H and O–H groups in total. The van der Waals surface area contributed by atoms with E-state index in [4.69, 9.17) is 14.9 Å². The minimum Gasteiger partial charge on any atom is -0.481 e. The third-order valence-electron chi connectivity index (χ3n) is 2.70. The molecule has 0 heterocycles. The minimum atomic E-state index is -0.932. The summed E-state index contributed by atoms with van der Waals surface area (Å²) in [5.41, 5.74) is 0. The van der Waals surface area contributed by atoms with Crippen LogP contribution in [-0.2, 0) is 14.3 Å². The van der Waals surface area contributed by atoms with E-state index in [1.807, 2.05) is 0 Å². The molecular weight excluding hydrogens is 188 g/mol. The molecule has 1 fully saturated rings. The van der Waals surface area contributed by atoms with Crippen molar-refractivity contribution in [3.05, 3.63) is 0 Å². The molecule has 3 atom stereocenters. The zero-order valence-corrected chi connectivity index (χ0v) is 7.97. The Bertz CT molecular complexity index is 215. The van der Waals surface area contributed by atoms with Gasteiger partial charge in [0.1, 0.15) is 0 Å². The summed E-state index contributed by atoms with van der Waals surface area (Å²) in [5, 5.41) is 17.6. The molecule has 0 aliphatic heterocycles. The van der Waals surface area contributed by atoms with Crippen LogP contribution in [0.4, 0.5) is 0 Å². The highest BCUT2D eigenvalue weighted by Gasteiger charge is 2.36. The summed E-state index contributed by atoms with van der Waals surface area (Å²) in [4.78, 5) is 21.5. The van der Waals surface area contributed by atoms with Gasteiger partial charge in [0, 0.05) is 7.11 Å². The molecule has 0 amide bonds. The van der Waals surface area contributed by atoms with Crippen molar-refractivity contribution in [2.75, 3.05) is 7.11 Å². The largest absolute Gasteiger partial charge is 0.481 e. The first-order chi connectivity index (χ1) is 6.54. The number of rotatable bonds is 3. The molecule has 0 radical (unpaired) electrons. The van der Waals surface area contributed by atoms with Crippen LogP contribution in [0, 0.1) is 11.8 Å². The van der Waals surface area contributed by atoms with E-state index in [1.165, 1.54) is 7.11 Å². The maximum Gasteiger partial charge on any atom is 0.306 e. The minimum absolute atomic E-state index is 0.213. The zero-order chi connectivity index (χ0) is 10.7. The van der Waals surface area contributed by atoms with Crippen molar-refractivity contribution in [1.29, 1.82) is 0 Å². The highest BCUT2D eigenvalue weighted by atomic mass is 16.5. The highest BCUT2D eigenvalue weighted by molar-refractivity contribution is 5.74. The molecule has 0 spiro atoms. The summed E-state index contributed by atoms with van der Waals surface area (Å²) in [6.07, 6.45) is 0.793. The average Bonchev–Trinajstić information content (AvgIpc) is 2.16. The average molecular weight is 202 g/mol. The fourth-order valence-corrected chi connectivity index (χ4v) is 1.86. The second-order valence-electron chi connectivity index (χ2n) is 3.64. The van der Waals surface area contributed by atoms with Crippen LogP contribution in [0.5, 0.6) is 0 Å². The molecule has 0 saturated heterocycles. The molecule has 1 aliphatic carbocycles. The number of methoxy groups -OCH3 is 1. The number of carboxylic acid groups (broad SMARTS) is 2. The molecule has 0 aromatic carbocycles. The van der Waals surface area contributed by atoms with Gasteiger partial charge in [-0.15, -0.1) is 0 Å². The molecule has 0 aromatic rings. The number of carboxylic acids is 2. The molecule has 14 heavy (non-hydrogen) atoms. The molecule has 0 aromatic heterocycles. The van der Waals surface area contributed by atoms with Gasteiger partial charge in [-0.1, -0.05) is 0 Å². The molecule has 1 rings (SSSR count). The summed E-state index contributed by atoms with van der Waals surface area (Å²) in [5.74, 6) is -3.04. The summed E-state index contributed by atoms with van der Waals surface area (Å²) in [6, 6.07) is 0. The van der Waals surface area contributed by atoms with Gasteiger partial charge in [0.25, 0.3) is 0 Å². The third kappa shape index (κ3) is 2.45. The lowest BCUT2D eigenvalue weighted by atomic mass is 9.80. The topological polar surface area (TPSA) is 83.8 Å².